The van der Waals surface area contributed by atoms with Crippen molar-refractivity contribution in [2.75, 3.05) is 13.2 Å². The van der Waals surface area contributed by atoms with Crippen LogP contribution in [0.5, 0.6) is 0 Å². The SMILES string of the molecule is CC/C=C\C/C=C\C/C=C\C/C=C\CCC(=O)OCC(O)COP(=O)(O)OC1C(O)C(O)C(O)C(O)C1O. The molecule has 0 spiro atoms. The van der Waals surface area contributed by atoms with Crippen molar-refractivity contribution >= 4 is 13.8 Å². The van der Waals surface area contributed by atoms with Gasteiger partial charge < -0.3 is 40.3 Å². The van der Waals surface area contributed by atoms with Crippen molar-refractivity contribution in [3.8, 4) is 0 Å². The van der Waals surface area contributed by atoms with E-state index in [2.05, 4.69) is 46.4 Å². The number of allylic oxidation sites excluding steroid dienone is 8. The molecule has 0 bridgehead atoms. The molecule has 6 unspecified atom stereocenters. The summed E-state index contributed by atoms with van der Waals surface area (Å²) in [4.78, 5) is 21.6. The van der Waals surface area contributed by atoms with Gasteiger partial charge in [-0.1, -0.05) is 55.5 Å². The topological polar surface area (TPSA) is 203 Å². The van der Waals surface area contributed by atoms with E-state index >= 15 is 0 Å². The zero-order chi connectivity index (χ0) is 28.6. The molecule has 0 saturated heterocycles. The molecular formula is C25H41O12P. The molecule has 6 atom stereocenters. The van der Waals surface area contributed by atoms with Crippen LogP contribution < -0.4 is 0 Å². The third-order valence-corrected chi connectivity index (χ3v) is 6.41. The van der Waals surface area contributed by atoms with Crippen molar-refractivity contribution in [3.05, 3.63) is 48.6 Å². The average Bonchev–Trinajstić information content (AvgIpc) is 2.89. The van der Waals surface area contributed by atoms with Crippen molar-refractivity contribution in [1.82, 2.24) is 0 Å². The third kappa shape index (κ3) is 13.4. The summed E-state index contributed by atoms with van der Waals surface area (Å²) in [6.45, 7) is 0.769. The fourth-order valence-electron chi connectivity index (χ4n) is 3.29. The Hall–Kier alpha value is -1.70. The number of ether oxygens (including phenoxy) is 1. The lowest BCUT2D eigenvalue weighted by molar-refractivity contribution is -0.220. The highest BCUT2D eigenvalue weighted by Crippen LogP contribution is 2.47. The van der Waals surface area contributed by atoms with Crippen LogP contribution in [0.15, 0.2) is 48.6 Å². The predicted octanol–water partition coefficient (Wildman–Crippen LogP) is 0.796. The molecule has 38 heavy (non-hydrogen) atoms. The molecular weight excluding hydrogens is 523 g/mol. The molecule has 0 aliphatic heterocycles. The quantitative estimate of drug-likeness (QED) is 0.0745. The molecule has 0 heterocycles. The lowest BCUT2D eigenvalue weighted by atomic mass is 9.85. The molecule has 1 aliphatic rings. The van der Waals surface area contributed by atoms with Gasteiger partial charge in [0.25, 0.3) is 0 Å². The molecule has 7 N–H and O–H groups in total. The number of carbonyl (C=O) groups excluding carboxylic acids is 1. The van der Waals surface area contributed by atoms with Crippen LogP contribution in [0.3, 0.4) is 0 Å². The second-order valence-electron chi connectivity index (χ2n) is 8.66. The van der Waals surface area contributed by atoms with E-state index in [0.29, 0.717) is 6.42 Å². The number of esters is 1. The van der Waals surface area contributed by atoms with Crippen LogP contribution in [0.4, 0.5) is 0 Å². The first kappa shape index (κ1) is 34.3. The average molecular weight is 565 g/mol. The third-order valence-electron chi connectivity index (χ3n) is 5.43. The number of hydrogen-bond acceptors (Lipinski definition) is 11. The van der Waals surface area contributed by atoms with Gasteiger partial charge in [-0.15, -0.1) is 0 Å². The molecule has 218 valence electrons. The normalized spacial score (nSPS) is 28.9. The highest BCUT2D eigenvalue weighted by molar-refractivity contribution is 7.47. The largest absolute Gasteiger partial charge is 0.472 e. The Labute approximate surface area is 222 Å². The zero-order valence-electron chi connectivity index (χ0n) is 21.4. The van der Waals surface area contributed by atoms with Crippen LogP contribution in [-0.4, -0.2) is 97.4 Å². The van der Waals surface area contributed by atoms with Crippen molar-refractivity contribution in [3.63, 3.8) is 0 Å². The summed E-state index contributed by atoms with van der Waals surface area (Å²) in [6, 6.07) is 0. The van der Waals surface area contributed by atoms with Gasteiger partial charge in [0, 0.05) is 6.42 Å². The van der Waals surface area contributed by atoms with Gasteiger partial charge in [0.2, 0.25) is 0 Å². The number of aliphatic hydroxyl groups is 6. The first-order valence-corrected chi connectivity index (χ1v) is 14.0. The molecule has 0 aromatic heterocycles. The van der Waals surface area contributed by atoms with E-state index in [1.54, 1.807) is 0 Å². The zero-order valence-corrected chi connectivity index (χ0v) is 22.3. The number of phosphoric acid groups is 1. The maximum atomic E-state index is 12.1. The van der Waals surface area contributed by atoms with Crippen LogP contribution in [0, 0.1) is 0 Å². The van der Waals surface area contributed by atoms with E-state index in [1.807, 2.05) is 18.2 Å². The first-order chi connectivity index (χ1) is 18.0. The van der Waals surface area contributed by atoms with Gasteiger partial charge >= 0.3 is 13.8 Å². The molecule has 1 aliphatic carbocycles. The second-order valence-corrected chi connectivity index (χ2v) is 10.1. The molecule has 13 heteroatoms. The van der Waals surface area contributed by atoms with Crippen LogP contribution in [0.2, 0.25) is 0 Å². The predicted molar refractivity (Wildman–Crippen MR) is 138 cm³/mol. The fourth-order valence-corrected chi connectivity index (χ4v) is 4.27. The first-order valence-electron chi connectivity index (χ1n) is 12.5. The van der Waals surface area contributed by atoms with Crippen LogP contribution in [-0.2, 0) is 23.1 Å². The standard InChI is InChI=1S/C25H41O12P/c1-2-3-4-5-6-7-8-9-10-11-12-13-14-15-19(27)35-16-18(26)17-36-38(33,34)37-25-23(31)21(29)20(28)22(30)24(25)32/h3-4,6-7,9-10,12-13,18,20-26,28-32H,2,5,8,11,14-17H2,1H3,(H,33,34)/b4-3-,7-6-,10-9-,13-12-. The fraction of sp³-hybridized carbons (Fsp3) is 0.640. The molecule has 1 rings (SSSR count). The smallest absolute Gasteiger partial charge is 0.463 e. The number of rotatable bonds is 17. The van der Waals surface area contributed by atoms with Gasteiger partial charge in [-0.05, 0) is 32.1 Å². The molecule has 0 aromatic rings. The monoisotopic (exact) mass is 564 g/mol. The van der Waals surface area contributed by atoms with Gasteiger partial charge in [0.1, 0.15) is 49.3 Å². The summed E-state index contributed by atoms with van der Waals surface area (Å²) in [6.07, 6.45) is 7.01. The number of carbonyl (C=O) groups is 1. The molecule has 0 aromatic carbocycles. The molecule has 1 saturated carbocycles. The van der Waals surface area contributed by atoms with Gasteiger partial charge in [0.05, 0.1) is 6.61 Å². The Morgan fingerprint density at radius 3 is 1.79 bits per heavy atom. The maximum absolute atomic E-state index is 12.1. The number of phosphoric ester groups is 1. The minimum absolute atomic E-state index is 0.0668. The number of hydrogen-bond donors (Lipinski definition) is 7. The Morgan fingerprint density at radius 1 is 0.789 bits per heavy atom. The van der Waals surface area contributed by atoms with Crippen LogP contribution in [0.25, 0.3) is 0 Å². The molecule has 0 amide bonds. The van der Waals surface area contributed by atoms with Crippen molar-refractivity contribution in [2.45, 2.75) is 88.2 Å². The highest BCUT2D eigenvalue weighted by Gasteiger charge is 2.51. The van der Waals surface area contributed by atoms with E-state index in [-0.39, 0.29) is 6.42 Å². The number of aliphatic hydroxyl groups excluding tert-OH is 6. The van der Waals surface area contributed by atoms with Crippen molar-refractivity contribution in [1.29, 1.82) is 0 Å². The van der Waals surface area contributed by atoms with Gasteiger partial charge in [-0.2, -0.15) is 0 Å². The van der Waals surface area contributed by atoms with Crippen molar-refractivity contribution in [2.24, 2.45) is 0 Å². The summed E-state index contributed by atoms with van der Waals surface area (Å²) >= 11 is 0. The summed E-state index contributed by atoms with van der Waals surface area (Å²) in [5, 5.41) is 58.4. The lowest BCUT2D eigenvalue weighted by Gasteiger charge is -2.41. The minimum atomic E-state index is -5.00. The van der Waals surface area contributed by atoms with E-state index in [9.17, 15) is 44.9 Å². The second kappa shape index (κ2) is 18.6. The van der Waals surface area contributed by atoms with E-state index in [0.717, 1.165) is 25.7 Å². The Kier molecular flexibility index (Phi) is 16.8. The summed E-state index contributed by atoms with van der Waals surface area (Å²) < 4.78 is 26.2. The van der Waals surface area contributed by atoms with Crippen molar-refractivity contribution < 1.29 is 58.7 Å². The molecule has 1 fully saturated rings. The Bertz CT molecular complexity index is 826. The summed E-state index contributed by atoms with van der Waals surface area (Å²) in [7, 11) is -5.00. The molecule has 0 radical (unpaired) electrons. The van der Waals surface area contributed by atoms with Gasteiger partial charge in [0.15, 0.2) is 0 Å². The Balaban J connectivity index is 2.24. The highest BCUT2D eigenvalue weighted by atomic mass is 31.2. The van der Waals surface area contributed by atoms with Crippen LogP contribution in [0.1, 0.15) is 45.4 Å². The molecule has 12 nitrogen and oxygen atoms in total. The van der Waals surface area contributed by atoms with E-state index in [4.69, 9.17) is 4.74 Å². The minimum Gasteiger partial charge on any atom is -0.463 e. The van der Waals surface area contributed by atoms with Gasteiger partial charge in [-0.25, -0.2) is 4.57 Å². The summed E-state index contributed by atoms with van der Waals surface area (Å²) in [5.74, 6) is -0.593. The van der Waals surface area contributed by atoms with E-state index < -0.39 is 69.7 Å². The lowest BCUT2D eigenvalue weighted by Crippen LogP contribution is -2.64. The van der Waals surface area contributed by atoms with Crippen LogP contribution >= 0.6 is 7.82 Å². The van der Waals surface area contributed by atoms with E-state index in [1.165, 1.54) is 0 Å². The van der Waals surface area contributed by atoms with Gasteiger partial charge in [-0.3, -0.25) is 13.8 Å². The summed E-state index contributed by atoms with van der Waals surface area (Å²) in [5.41, 5.74) is 0. The Morgan fingerprint density at radius 2 is 1.26 bits per heavy atom. The maximum Gasteiger partial charge on any atom is 0.472 e.